The average molecular weight is 237 g/mol. The van der Waals surface area contributed by atoms with Crippen LogP contribution in [-0.4, -0.2) is 49.7 Å². The molecule has 1 unspecified atom stereocenters. The summed E-state index contributed by atoms with van der Waals surface area (Å²) >= 11 is 0. The molecule has 1 atom stereocenters. The third-order valence-electron chi connectivity index (χ3n) is 3.56. The van der Waals surface area contributed by atoms with Crippen molar-refractivity contribution in [1.29, 1.82) is 5.26 Å². The summed E-state index contributed by atoms with van der Waals surface area (Å²) in [7, 11) is 0. The number of amides is 1. The number of hydrogen-bond acceptors (Lipinski definition) is 4. The van der Waals surface area contributed by atoms with E-state index in [1.807, 2.05) is 0 Å². The quantitative estimate of drug-likeness (QED) is 0.754. The molecule has 1 heterocycles. The molecule has 5 heteroatoms. The number of hydrogen-bond donors (Lipinski definition) is 1. The second-order valence-electron chi connectivity index (χ2n) is 4.79. The molecule has 1 N–H and O–H groups in total. The van der Waals surface area contributed by atoms with Gasteiger partial charge in [0.1, 0.15) is 5.41 Å². The van der Waals surface area contributed by atoms with Crippen molar-refractivity contribution in [3.8, 4) is 6.07 Å². The molecule has 0 bridgehead atoms. The Morgan fingerprint density at radius 2 is 2.41 bits per heavy atom. The first-order valence-electron chi connectivity index (χ1n) is 6.24. The number of nitrogens with zero attached hydrogens (tertiary/aromatic N) is 2. The Balaban J connectivity index is 1.75. The van der Waals surface area contributed by atoms with Crippen LogP contribution in [-0.2, 0) is 9.53 Å². The molecular formula is C12H19N3O2. The molecule has 1 saturated heterocycles. The van der Waals surface area contributed by atoms with Crippen molar-refractivity contribution in [1.82, 2.24) is 10.2 Å². The molecule has 94 valence electrons. The molecule has 0 aromatic rings. The topological polar surface area (TPSA) is 65.4 Å². The third-order valence-corrected chi connectivity index (χ3v) is 3.56. The Hall–Kier alpha value is -1.12. The number of nitriles is 1. The van der Waals surface area contributed by atoms with E-state index in [4.69, 9.17) is 10.00 Å². The lowest BCUT2D eigenvalue weighted by molar-refractivity contribution is -0.125. The average Bonchev–Trinajstić information content (AvgIpc) is 3.17. The zero-order valence-electron chi connectivity index (χ0n) is 10.2. The first-order valence-corrected chi connectivity index (χ1v) is 6.24. The largest absolute Gasteiger partial charge is 0.374 e. The Morgan fingerprint density at radius 1 is 1.65 bits per heavy atom. The molecule has 1 aliphatic carbocycles. The van der Waals surface area contributed by atoms with Gasteiger partial charge in [-0.05, 0) is 19.4 Å². The molecule has 5 nitrogen and oxygen atoms in total. The lowest BCUT2D eigenvalue weighted by Crippen LogP contribution is -2.48. The molecule has 1 amide bonds. The Bertz CT molecular complexity index is 333. The van der Waals surface area contributed by atoms with E-state index in [0.29, 0.717) is 19.4 Å². The van der Waals surface area contributed by atoms with E-state index >= 15 is 0 Å². The summed E-state index contributed by atoms with van der Waals surface area (Å²) in [5.74, 6) is -0.128. The van der Waals surface area contributed by atoms with Crippen molar-refractivity contribution in [2.45, 2.75) is 25.9 Å². The third kappa shape index (κ3) is 2.76. The van der Waals surface area contributed by atoms with E-state index in [0.717, 1.165) is 26.2 Å². The first-order chi connectivity index (χ1) is 8.20. The maximum absolute atomic E-state index is 11.7. The highest BCUT2D eigenvalue weighted by Crippen LogP contribution is 2.44. The molecule has 2 aliphatic rings. The maximum Gasteiger partial charge on any atom is 0.240 e. The fraction of sp³-hybridized carbons (Fsp3) is 0.833. The zero-order chi connectivity index (χ0) is 12.3. The maximum atomic E-state index is 11.7. The van der Waals surface area contributed by atoms with Crippen LogP contribution in [0.15, 0.2) is 0 Å². The molecule has 0 aromatic carbocycles. The smallest absolute Gasteiger partial charge is 0.240 e. The molecule has 17 heavy (non-hydrogen) atoms. The van der Waals surface area contributed by atoms with Crippen LogP contribution in [0.5, 0.6) is 0 Å². The summed E-state index contributed by atoms with van der Waals surface area (Å²) < 4.78 is 5.59. The summed E-state index contributed by atoms with van der Waals surface area (Å²) in [5, 5.41) is 11.7. The number of ether oxygens (including phenoxy) is 1. The molecule has 2 rings (SSSR count). The van der Waals surface area contributed by atoms with Crippen molar-refractivity contribution in [3.05, 3.63) is 0 Å². The fourth-order valence-corrected chi connectivity index (χ4v) is 2.08. The van der Waals surface area contributed by atoms with Gasteiger partial charge < -0.3 is 10.1 Å². The van der Waals surface area contributed by atoms with Crippen LogP contribution in [0.25, 0.3) is 0 Å². The van der Waals surface area contributed by atoms with E-state index in [9.17, 15) is 4.79 Å². The van der Waals surface area contributed by atoms with Crippen molar-refractivity contribution < 1.29 is 9.53 Å². The Labute approximate surface area is 102 Å². The molecule has 0 spiro atoms. The monoisotopic (exact) mass is 237 g/mol. The Kier molecular flexibility index (Phi) is 3.65. The minimum atomic E-state index is -0.723. The van der Waals surface area contributed by atoms with Gasteiger partial charge in [0.15, 0.2) is 0 Å². The highest BCUT2D eigenvalue weighted by Gasteiger charge is 2.50. The molecule has 0 radical (unpaired) electrons. The zero-order valence-corrected chi connectivity index (χ0v) is 10.2. The van der Waals surface area contributed by atoms with E-state index in [2.05, 4.69) is 23.2 Å². The van der Waals surface area contributed by atoms with E-state index in [1.54, 1.807) is 0 Å². The fourth-order valence-electron chi connectivity index (χ4n) is 2.08. The standard InChI is InChI=1S/C12H19N3O2/c1-2-15-5-6-17-10(8-15)7-14-11(16)12(9-13)3-4-12/h10H,2-8H2,1H3,(H,14,16). The number of morpholine rings is 1. The van der Waals surface area contributed by atoms with Crippen molar-refractivity contribution in [2.75, 3.05) is 32.8 Å². The van der Waals surface area contributed by atoms with Crippen LogP contribution in [0.1, 0.15) is 19.8 Å². The predicted molar refractivity (Wildman–Crippen MR) is 62.1 cm³/mol. The second kappa shape index (κ2) is 5.03. The number of nitrogens with one attached hydrogen (secondary N) is 1. The lowest BCUT2D eigenvalue weighted by Gasteiger charge is -2.32. The van der Waals surface area contributed by atoms with Gasteiger partial charge in [-0.1, -0.05) is 6.92 Å². The molecule has 0 aromatic heterocycles. The summed E-state index contributed by atoms with van der Waals surface area (Å²) in [4.78, 5) is 14.1. The van der Waals surface area contributed by atoms with Gasteiger partial charge in [-0.15, -0.1) is 0 Å². The number of rotatable bonds is 4. The molecule has 1 saturated carbocycles. The lowest BCUT2D eigenvalue weighted by atomic mass is 10.1. The van der Waals surface area contributed by atoms with Gasteiger partial charge in [0, 0.05) is 19.6 Å². The van der Waals surface area contributed by atoms with Gasteiger partial charge in [-0.25, -0.2) is 0 Å². The van der Waals surface area contributed by atoms with Crippen molar-refractivity contribution in [3.63, 3.8) is 0 Å². The minimum Gasteiger partial charge on any atom is -0.374 e. The van der Waals surface area contributed by atoms with Gasteiger partial charge >= 0.3 is 0 Å². The van der Waals surface area contributed by atoms with Crippen LogP contribution in [0.4, 0.5) is 0 Å². The molecule has 1 aliphatic heterocycles. The van der Waals surface area contributed by atoms with E-state index in [-0.39, 0.29) is 12.0 Å². The van der Waals surface area contributed by atoms with Gasteiger partial charge in [0.05, 0.1) is 18.8 Å². The van der Waals surface area contributed by atoms with Crippen LogP contribution < -0.4 is 5.32 Å². The van der Waals surface area contributed by atoms with Gasteiger partial charge in [0.25, 0.3) is 0 Å². The normalized spacial score (nSPS) is 27.2. The highest BCUT2D eigenvalue weighted by molar-refractivity contribution is 5.88. The number of likely N-dealkylation sites (N-methyl/N-ethyl adjacent to an activating group) is 1. The van der Waals surface area contributed by atoms with Crippen LogP contribution >= 0.6 is 0 Å². The van der Waals surface area contributed by atoms with Gasteiger partial charge in [0.2, 0.25) is 5.91 Å². The molecular weight excluding hydrogens is 218 g/mol. The number of carbonyl (C=O) groups is 1. The van der Waals surface area contributed by atoms with Crippen molar-refractivity contribution in [2.24, 2.45) is 5.41 Å². The summed E-state index contributed by atoms with van der Waals surface area (Å²) in [5.41, 5.74) is -0.723. The van der Waals surface area contributed by atoms with Gasteiger partial charge in [-0.3, -0.25) is 9.69 Å². The molecule has 2 fully saturated rings. The Morgan fingerprint density at radius 3 is 3.00 bits per heavy atom. The van der Waals surface area contributed by atoms with Gasteiger partial charge in [-0.2, -0.15) is 5.26 Å². The van der Waals surface area contributed by atoms with Crippen LogP contribution in [0.3, 0.4) is 0 Å². The second-order valence-corrected chi connectivity index (χ2v) is 4.79. The van der Waals surface area contributed by atoms with Crippen LogP contribution in [0.2, 0.25) is 0 Å². The van der Waals surface area contributed by atoms with E-state index in [1.165, 1.54) is 0 Å². The van der Waals surface area contributed by atoms with Crippen LogP contribution in [0, 0.1) is 16.7 Å². The van der Waals surface area contributed by atoms with Crippen molar-refractivity contribution >= 4 is 5.91 Å². The first kappa shape index (κ1) is 12.3. The summed E-state index contributed by atoms with van der Waals surface area (Å²) in [6.07, 6.45) is 1.45. The highest BCUT2D eigenvalue weighted by atomic mass is 16.5. The predicted octanol–water partition coefficient (Wildman–Crippen LogP) is 0.127. The summed E-state index contributed by atoms with van der Waals surface area (Å²) in [6.45, 7) is 6.18. The summed E-state index contributed by atoms with van der Waals surface area (Å²) in [6, 6.07) is 2.10. The van der Waals surface area contributed by atoms with E-state index < -0.39 is 5.41 Å². The SMILES string of the molecule is CCN1CCOC(CNC(=O)C2(C#N)CC2)C1. The minimum absolute atomic E-state index is 0.0575. The number of carbonyl (C=O) groups excluding carboxylic acids is 1.